The quantitative estimate of drug-likeness (QED) is 0.918. The van der Waals surface area contributed by atoms with Crippen molar-refractivity contribution in [2.24, 2.45) is 0 Å². The fourth-order valence-corrected chi connectivity index (χ4v) is 1.26. The molecule has 4 nitrogen and oxygen atoms in total. The normalized spacial score (nSPS) is 11.8. The Morgan fingerprint density at radius 1 is 1.32 bits per heavy atom. The maximum atomic E-state index is 12.6. The van der Waals surface area contributed by atoms with E-state index in [0.717, 1.165) is 6.07 Å². The van der Waals surface area contributed by atoms with Gasteiger partial charge in [-0.15, -0.1) is 0 Å². The Hall–Kier alpha value is -2.23. The number of nitriles is 1. The smallest absolute Gasteiger partial charge is 0.416 e. The van der Waals surface area contributed by atoms with Crippen molar-refractivity contribution in [3.05, 3.63) is 29.3 Å². The first-order chi connectivity index (χ1) is 8.55. The van der Waals surface area contributed by atoms with E-state index in [9.17, 15) is 18.0 Å². The second kappa shape index (κ2) is 4.80. The van der Waals surface area contributed by atoms with Crippen molar-refractivity contribution in [3.63, 3.8) is 0 Å². The van der Waals surface area contributed by atoms with Crippen LogP contribution in [0.2, 0.25) is 0 Å². The Morgan fingerprint density at radius 2 is 1.89 bits per heavy atom. The maximum Gasteiger partial charge on any atom is 0.416 e. The van der Waals surface area contributed by atoms with Crippen LogP contribution in [0.25, 0.3) is 0 Å². The highest BCUT2D eigenvalue weighted by Gasteiger charge is 2.32. The van der Waals surface area contributed by atoms with E-state index >= 15 is 0 Å². The molecular weight excluding hydrogens is 263 g/mol. The summed E-state index contributed by atoms with van der Waals surface area (Å²) in [6.45, 7) is 2.71. The lowest BCUT2D eigenvalue weighted by atomic mass is 10.1. The van der Waals surface area contributed by atoms with Crippen LogP contribution in [-0.2, 0) is 6.18 Å². The summed E-state index contributed by atoms with van der Waals surface area (Å²) < 4.78 is 42.9. The van der Waals surface area contributed by atoms with E-state index in [-0.39, 0.29) is 5.75 Å². The third-order valence-electron chi connectivity index (χ3n) is 2.12. The predicted molar refractivity (Wildman–Crippen MR) is 58.7 cm³/mol. The molecule has 0 bridgehead atoms. The largest absolute Gasteiger partial charge is 0.478 e. The van der Waals surface area contributed by atoms with E-state index in [0.29, 0.717) is 12.1 Å². The van der Waals surface area contributed by atoms with E-state index in [2.05, 4.69) is 0 Å². The van der Waals surface area contributed by atoms with Gasteiger partial charge in [0.2, 0.25) is 0 Å². The van der Waals surface area contributed by atoms with Gasteiger partial charge in [0, 0.05) is 0 Å². The average Bonchev–Trinajstić information content (AvgIpc) is 2.26. The van der Waals surface area contributed by atoms with Gasteiger partial charge in [-0.05, 0) is 32.0 Å². The van der Waals surface area contributed by atoms with Gasteiger partial charge in [0.05, 0.1) is 11.1 Å². The van der Waals surface area contributed by atoms with Crippen LogP contribution in [0.1, 0.15) is 29.8 Å². The lowest BCUT2D eigenvalue weighted by Gasteiger charge is -2.19. The van der Waals surface area contributed by atoms with Gasteiger partial charge in [-0.25, -0.2) is 4.79 Å². The predicted octanol–water partition coefficient (Wildman–Crippen LogP) is 3.08. The third-order valence-corrected chi connectivity index (χ3v) is 2.12. The number of alkyl halides is 3. The Balaban J connectivity index is 3.30. The first-order valence-corrected chi connectivity index (χ1v) is 5.11. The molecule has 0 aliphatic carbocycles. The molecule has 0 atom stereocenters. The third kappa shape index (κ3) is 3.88. The minimum Gasteiger partial charge on any atom is -0.478 e. The van der Waals surface area contributed by atoms with Crippen LogP contribution < -0.4 is 4.74 Å². The first-order valence-electron chi connectivity index (χ1n) is 5.11. The number of benzene rings is 1. The molecule has 0 aliphatic heterocycles. The standard InChI is InChI=1S/C12H10F3NO3/c1-11(2,6-16)19-9-4-7(10(17)18)3-8(5-9)12(13,14)15/h3-5H,1-2H3,(H,17,18). The minimum absolute atomic E-state index is 0.321. The molecule has 1 N–H and O–H groups in total. The molecule has 0 radical (unpaired) electrons. The Morgan fingerprint density at radius 3 is 2.32 bits per heavy atom. The summed E-state index contributed by atoms with van der Waals surface area (Å²) in [5.41, 5.74) is -3.06. The molecule has 0 saturated carbocycles. The number of carboxylic acid groups (broad SMARTS) is 1. The molecule has 0 spiro atoms. The van der Waals surface area contributed by atoms with Crippen LogP contribution in [-0.4, -0.2) is 16.7 Å². The highest BCUT2D eigenvalue weighted by molar-refractivity contribution is 5.88. The molecule has 1 aromatic carbocycles. The van der Waals surface area contributed by atoms with Crippen LogP contribution in [0.15, 0.2) is 18.2 Å². The maximum absolute atomic E-state index is 12.6. The van der Waals surface area contributed by atoms with Gasteiger partial charge in [0.1, 0.15) is 11.8 Å². The van der Waals surface area contributed by atoms with Gasteiger partial charge in [0.15, 0.2) is 5.60 Å². The number of nitrogens with zero attached hydrogens (tertiary/aromatic N) is 1. The molecule has 7 heteroatoms. The van der Waals surface area contributed by atoms with Crippen molar-refractivity contribution in [1.82, 2.24) is 0 Å². The highest BCUT2D eigenvalue weighted by atomic mass is 19.4. The summed E-state index contributed by atoms with van der Waals surface area (Å²) in [6.07, 6.45) is -4.69. The summed E-state index contributed by atoms with van der Waals surface area (Å²) in [7, 11) is 0. The first kappa shape index (κ1) is 14.8. The van der Waals surface area contributed by atoms with Gasteiger partial charge in [-0.3, -0.25) is 0 Å². The highest BCUT2D eigenvalue weighted by Crippen LogP contribution is 2.33. The fraction of sp³-hybridized carbons (Fsp3) is 0.333. The molecule has 1 aromatic rings. The molecule has 0 saturated heterocycles. The molecule has 0 unspecified atom stereocenters. The van der Waals surface area contributed by atoms with Gasteiger partial charge >= 0.3 is 12.1 Å². The monoisotopic (exact) mass is 273 g/mol. The van der Waals surface area contributed by atoms with Gasteiger partial charge in [0.25, 0.3) is 0 Å². The minimum atomic E-state index is -4.69. The zero-order valence-electron chi connectivity index (χ0n) is 10.1. The summed E-state index contributed by atoms with van der Waals surface area (Å²) in [4.78, 5) is 10.8. The van der Waals surface area contributed by atoms with Gasteiger partial charge < -0.3 is 9.84 Å². The molecular formula is C12H10F3NO3. The molecule has 1 rings (SSSR count). The number of carboxylic acids is 1. The Kier molecular flexibility index (Phi) is 3.75. The average molecular weight is 273 g/mol. The van der Waals surface area contributed by atoms with E-state index in [1.165, 1.54) is 13.8 Å². The number of aromatic carboxylic acids is 1. The van der Waals surface area contributed by atoms with Crippen LogP contribution >= 0.6 is 0 Å². The van der Waals surface area contributed by atoms with E-state index in [1.54, 1.807) is 6.07 Å². The molecule has 0 heterocycles. The van der Waals surface area contributed by atoms with E-state index in [1.807, 2.05) is 0 Å². The zero-order chi connectivity index (χ0) is 14.8. The zero-order valence-corrected chi connectivity index (χ0v) is 10.1. The number of halogens is 3. The van der Waals surface area contributed by atoms with Crippen molar-refractivity contribution in [2.45, 2.75) is 25.6 Å². The lowest BCUT2D eigenvalue weighted by molar-refractivity contribution is -0.137. The van der Waals surface area contributed by atoms with Crippen molar-refractivity contribution in [2.75, 3.05) is 0 Å². The summed E-state index contributed by atoms with van der Waals surface area (Å²) in [6, 6.07) is 3.85. The van der Waals surface area contributed by atoms with Gasteiger partial charge in [-0.2, -0.15) is 18.4 Å². The second-order valence-electron chi connectivity index (χ2n) is 4.27. The topological polar surface area (TPSA) is 70.3 Å². The lowest BCUT2D eigenvalue weighted by Crippen LogP contribution is -2.26. The van der Waals surface area contributed by atoms with Crippen LogP contribution in [0.3, 0.4) is 0 Å². The Bertz CT molecular complexity index is 544. The van der Waals surface area contributed by atoms with Crippen LogP contribution in [0, 0.1) is 11.3 Å². The summed E-state index contributed by atoms with van der Waals surface area (Å²) >= 11 is 0. The van der Waals surface area contributed by atoms with Crippen molar-refractivity contribution < 1.29 is 27.8 Å². The summed E-state index contributed by atoms with van der Waals surface area (Å²) in [5, 5.41) is 17.5. The van der Waals surface area contributed by atoms with Crippen molar-refractivity contribution in [3.8, 4) is 11.8 Å². The second-order valence-corrected chi connectivity index (χ2v) is 4.27. The molecule has 102 valence electrons. The number of rotatable bonds is 3. The molecule has 0 aliphatic rings. The number of carbonyl (C=O) groups is 1. The van der Waals surface area contributed by atoms with Crippen molar-refractivity contribution >= 4 is 5.97 Å². The van der Waals surface area contributed by atoms with Crippen LogP contribution in [0.5, 0.6) is 5.75 Å². The SMILES string of the molecule is CC(C)(C#N)Oc1cc(C(=O)O)cc(C(F)(F)F)c1. The van der Waals surface area contributed by atoms with E-state index in [4.69, 9.17) is 15.1 Å². The molecule has 0 amide bonds. The summed E-state index contributed by atoms with van der Waals surface area (Å²) in [5.74, 6) is -1.83. The number of ether oxygens (including phenoxy) is 1. The van der Waals surface area contributed by atoms with Crippen LogP contribution in [0.4, 0.5) is 13.2 Å². The fourth-order valence-electron chi connectivity index (χ4n) is 1.26. The van der Waals surface area contributed by atoms with E-state index < -0.39 is 28.9 Å². The van der Waals surface area contributed by atoms with Crippen molar-refractivity contribution in [1.29, 1.82) is 5.26 Å². The molecule has 0 aromatic heterocycles. The molecule has 19 heavy (non-hydrogen) atoms. The molecule has 0 fully saturated rings. The van der Waals surface area contributed by atoms with Gasteiger partial charge in [-0.1, -0.05) is 0 Å². The number of hydrogen-bond donors (Lipinski definition) is 1. The number of hydrogen-bond acceptors (Lipinski definition) is 3. The Labute approximate surface area is 107 Å².